The summed E-state index contributed by atoms with van der Waals surface area (Å²) in [7, 11) is 1.32. The van der Waals surface area contributed by atoms with Crippen molar-refractivity contribution in [2.24, 2.45) is 7.05 Å². The first-order valence-electron chi connectivity index (χ1n) is 8.35. The van der Waals surface area contributed by atoms with Gasteiger partial charge in [-0.3, -0.25) is 18.9 Å². The lowest BCUT2D eigenvalue weighted by Gasteiger charge is -2.16. The van der Waals surface area contributed by atoms with E-state index in [0.29, 0.717) is 12.1 Å². The van der Waals surface area contributed by atoms with Crippen molar-refractivity contribution in [1.29, 1.82) is 0 Å². The Hall–Kier alpha value is -3.36. The van der Waals surface area contributed by atoms with E-state index in [4.69, 9.17) is 0 Å². The van der Waals surface area contributed by atoms with Gasteiger partial charge in [-0.1, -0.05) is 12.1 Å². The van der Waals surface area contributed by atoms with Crippen LogP contribution >= 0.6 is 0 Å². The van der Waals surface area contributed by atoms with Crippen LogP contribution in [0.2, 0.25) is 0 Å². The Morgan fingerprint density at radius 1 is 1.04 bits per heavy atom. The number of hydrogen-bond donors (Lipinski definition) is 1. The van der Waals surface area contributed by atoms with Crippen molar-refractivity contribution in [3.8, 4) is 0 Å². The molecule has 146 valence electrons. The summed E-state index contributed by atoms with van der Waals surface area (Å²) in [4.78, 5) is 28.5. The molecule has 0 unspecified atom stereocenters. The molecule has 3 rings (SSSR count). The van der Waals surface area contributed by atoms with Gasteiger partial charge in [0.25, 0.3) is 5.56 Å². The number of anilines is 1. The average Bonchev–Trinajstić information content (AvgIpc) is 2.67. The molecule has 0 spiro atoms. The smallest absolute Gasteiger partial charge is 0.367 e. The first kappa shape index (κ1) is 19.4. The Morgan fingerprint density at radius 3 is 2.43 bits per heavy atom. The van der Waals surface area contributed by atoms with E-state index in [-0.39, 0.29) is 12.4 Å². The van der Waals surface area contributed by atoms with Crippen LogP contribution in [-0.2, 0) is 26.3 Å². The first-order chi connectivity index (χ1) is 13.3. The van der Waals surface area contributed by atoms with Gasteiger partial charge in [-0.25, -0.2) is 4.79 Å². The number of nitrogens with zero attached hydrogens (tertiary/aromatic N) is 3. The summed E-state index contributed by atoms with van der Waals surface area (Å²) in [5, 5.41) is 3.00. The zero-order chi connectivity index (χ0) is 20.3. The van der Waals surface area contributed by atoms with E-state index in [9.17, 15) is 22.8 Å². The second-order valence-electron chi connectivity index (χ2n) is 6.20. The van der Waals surface area contributed by atoms with Crippen molar-refractivity contribution in [1.82, 2.24) is 14.1 Å². The van der Waals surface area contributed by atoms with Crippen LogP contribution in [0.25, 0.3) is 0 Å². The predicted molar refractivity (Wildman–Crippen MR) is 98.1 cm³/mol. The van der Waals surface area contributed by atoms with E-state index in [0.717, 1.165) is 22.3 Å². The fourth-order valence-corrected chi connectivity index (χ4v) is 2.69. The highest BCUT2D eigenvalue weighted by Gasteiger charge is 2.30. The van der Waals surface area contributed by atoms with E-state index in [2.05, 4.69) is 10.3 Å². The fourth-order valence-electron chi connectivity index (χ4n) is 2.69. The monoisotopic (exact) mass is 390 g/mol. The Morgan fingerprint density at radius 2 is 1.75 bits per heavy atom. The standard InChI is InChI=1S/C19H17F3N4O2/c1-25-17(27)10-16(24-11-13-5-7-23-8-6-13)26(18(25)28)12-14-3-2-4-15(9-14)19(20,21)22/h2-10,24H,11-12H2,1H3. The van der Waals surface area contributed by atoms with Crippen molar-refractivity contribution >= 4 is 5.82 Å². The van der Waals surface area contributed by atoms with E-state index in [1.165, 1.54) is 29.8 Å². The summed E-state index contributed by atoms with van der Waals surface area (Å²) in [6.07, 6.45) is -1.26. The maximum atomic E-state index is 13.0. The number of rotatable bonds is 5. The molecule has 28 heavy (non-hydrogen) atoms. The lowest BCUT2D eigenvalue weighted by atomic mass is 10.1. The zero-order valence-corrected chi connectivity index (χ0v) is 14.9. The highest BCUT2D eigenvalue weighted by Crippen LogP contribution is 2.29. The molecule has 1 aromatic carbocycles. The summed E-state index contributed by atoms with van der Waals surface area (Å²) in [5.74, 6) is 0.224. The van der Waals surface area contributed by atoms with Gasteiger partial charge in [-0.2, -0.15) is 13.2 Å². The van der Waals surface area contributed by atoms with Crippen molar-refractivity contribution in [2.75, 3.05) is 5.32 Å². The van der Waals surface area contributed by atoms with Gasteiger partial charge in [0, 0.05) is 32.1 Å². The molecule has 0 saturated heterocycles. The molecule has 2 heterocycles. The molecule has 6 nitrogen and oxygen atoms in total. The molecule has 2 aromatic heterocycles. The molecule has 0 bridgehead atoms. The largest absolute Gasteiger partial charge is 0.416 e. The SMILES string of the molecule is Cn1c(=O)cc(NCc2ccncc2)n(Cc2cccc(C(F)(F)F)c2)c1=O. The van der Waals surface area contributed by atoms with Crippen LogP contribution < -0.4 is 16.6 Å². The molecular weight excluding hydrogens is 373 g/mol. The van der Waals surface area contributed by atoms with E-state index < -0.39 is 23.0 Å². The van der Waals surface area contributed by atoms with Crippen LogP contribution in [0.5, 0.6) is 0 Å². The molecule has 0 aliphatic rings. The summed E-state index contributed by atoms with van der Waals surface area (Å²) < 4.78 is 41.0. The number of aromatic nitrogens is 3. The Bertz CT molecular complexity index is 1090. The highest BCUT2D eigenvalue weighted by atomic mass is 19.4. The van der Waals surface area contributed by atoms with Crippen LogP contribution in [0.15, 0.2) is 64.4 Å². The molecule has 0 aliphatic carbocycles. The normalized spacial score (nSPS) is 11.4. The Kier molecular flexibility index (Phi) is 5.34. The second-order valence-corrected chi connectivity index (χ2v) is 6.20. The van der Waals surface area contributed by atoms with Crippen LogP contribution in [-0.4, -0.2) is 14.1 Å². The number of pyridine rings is 1. The third-order valence-corrected chi connectivity index (χ3v) is 4.22. The van der Waals surface area contributed by atoms with E-state index >= 15 is 0 Å². The third kappa shape index (κ3) is 4.30. The third-order valence-electron chi connectivity index (χ3n) is 4.22. The zero-order valence-electron chi connectivity index (χ0n) is 14.9. The van der Waals surface area contributed by atoms with Crippen molar-refractivity contribution < 1.29 is 13.2 Å². The molecule has 3 aromatic rings. The predicted octanol–water partition coefficient (Wildman–Crippen LogP) is 2.62. The van der Waals surface area contributed by atoms with Crippen molar-refractivity contribution in [3.05, 3.63) is 92.4 Å². The van der Waals surface area contributed by atoms with Gasteiger partial charge in [0.2, 0.25) is 0 Å². The minimum absolute atomic E-state index is 0.116. The van der Waals surface area contributed by atoms with Crippen molar-refractivity contribution in [2.45, 2.75) is 19.3 Å². The molecule has 0 amide bonds. The number of benzene rings is 1. The van der Waals surface area contributed by atoms with Gasteiger partial charge >= 0.3 is 11.9 Å². The lowest BCUT2D eigenvalue weighted by Crippen LogP contribution is -2.39. The van der Waals surface area contributed by atoms with Gasteiger partial charge in [0.1, 0.15) is 5.82 Å². The summed E-state index contributed by atoms with van der Waals surface area (Å²) >= 11 is 0. The average molecular weight is 390 g/mol. The van der Waals surface area contributed by atoms with Gasteiger partial charge in [-0.05, 0) is 35.4 Å². The van der Waals surface area contributed by atoms with Crippen LogP contribution in [0.4, 0.5) is 19.0 Å². The number of alkyl halides is 3. The van der Waals surface area contributed by atoms with Crippen molar-refractivity contribution in [3.63, 3.8) is 0 Å². The number of hydrogen-bond acceptors (Lipinski definition) is 4. The van der Waals surface area contributed by atoms with E-state index in [1.54, 1.807) is 24.5 Å². The van der Waals surface area contributed by atoms with Gasteiger partial charge in [0.15, 0.2) is 0 Å². The first-order valence-corrected chi connectivity index (χ1v) is 8.35. The summed E-state index contributed by atoms with van der Waals surface area (Å²) in [6.45, 7) is 0.202. The second kappa shape index (κ2) is 7.71. The fraction of sp³-hybridized carbons (Fsp3) is 0.211. The van der Waals surface area contributed by atoms with Gasteiger partial charge in [-0.15, -0.1) is 0 Å². The van der Waals surface area contributed by atoms with Gasteiger partial charge in [0.05, 0.1) is 12.1 Å². The summed E-state index contributed by atoms with van der Waals surface area (Å²) in [5.41, 5.74) is -0.768. The maximum Gasteiger partial charge on any atom is 0.416 e. The topological polar surface area (TPSA) is 68.9 Å². The molecule has 0 aliphatic heterocycles. The van der Waals surface area contributed by atoms with Crippen LogP contribution in [0, 0.1) is 0 Å². The Balaban J connectivity index is 1.96. The quantitative estimate of drug-likeness (QED) is 0.727. The molecule has 0 radical (unpaired) electrons. The van der Waals surface area contributed by atoms with Crippen LogP contribution in [0.1, 0.15) is 16.7 Å². The number of halogens is 3. The van der Waals surface area contributed by atoms with Gasteiger partial charge < -0.3 is 5.32 Å². The number of nitrogens with one attached hydrogen (secondary N) is 1. The minimum Gasteiger partial charge on any atom is -0.367 e. The van der Waals surface area contributed by atoms with E-state index in [1.807, 2.05) is 0 Å². The lowest BCUT2D eigenvalue weighted by molar-refractivity contribution is -0.137. The molecule has 9 heteroatoms. The minimum atomic E-state index is -4.48. The molecule has 0 saturated carbocycles. The molecule has 0 atom stereocenters. The highest BCUT2D eigenvalue weighted by molar-refractivity contribution is 5.37. The molecule has 1 N–H and O–H groups in total. The molecule has 0 fully saturated rings. The Labute approximate surface area is 157 Å². The summed E-state index contributed by atoms with van der Waals surface area (Å²) in [6, 6.07) is 9.53. The maximum absolute atomic E-state index is 13.0. The van der Waals surface area contributed by atoms with Crippen LogP contribution in [0.3, 0.4) is 0 Å². The molecular formula is C19H17F3N4O2.